The Bertz CT molecular complexity index is 771. The van der Waals surface area contributed by atoms with E-state index in [1.807, 2.05) is 44.2 Å². The number of H-pyrrole nitrogens is 1. The monoisotopic (exact) mass is 253 g/mol. The normalized spacial score (nSPS) is 11.1. The van der Waals surface area contributed by atoms with Crippen LogP contribution in [0.1, 0.15) is 23.1 Å². The molecular weight excluding hydrogens is 238 g/mol. The Kier molecular flexibility index (Phi) is 2.75. The van der Waals surface area contributed by atoms with Crippen LogP contribution < -0.4 is 0 Å². The van der Waals surface area contributed by atoms with Crippen LogP contribution in [-0.4, -0.2) is 17.6 Å². The summed E-state index contributed by atoms with van der Waals surface area (Å²) in [5.41, 5.74) is 1.54. The maximum atomic E-state index is 12.1. The quantitative estimate of drug-likeness (QED) is 0.706. The van der Waals surface area contributed by atoms with Crippen molar-refractivity contribution in [3.05, 3.63) is 47.8 Å². The van der Waals surface area contributed by atoms with Gasteiger partial charge in [0, 0.05) is 16.5 Å². The number of aryl methyl sites for hydroxylation is 1. The van der Waals surface area contributed by atoms with Gasteiger partial charge in [-0.3, -0.25) is 0 Å². The van der Waals surface area contributed by atoms with Crippen LogP contribution >= 0.6 is 0 Å². The highest BCUT2D eigenvalue weighted by Crippen LogP contribution is 2.30. The molecule has 0 atom stereocenters. The fraction of sp³-hybridized carbons (Fsp3) is 0.188. The molecule has 3 heteroatoms. The largest absolute Gasteiger partial charge is 0.461 e. The molecular formula is C16H15NO2. The van der Waals surface area contributed by atoms with E-state index in [1.54, 1.807) is 0 Å². The van der Waals surface area contributed by atoms with E-state index in [2.05, 4.69) is 11.1 Å². The summed E-state index contributed by atoms with van der Waals surface area (Å²) in [6.07, 6.45) is 0. The summed E-state index contributed by atoms with van der Waals surface area (Å²) in [5.74, 6) is -0.294. The van der Waals surface area contributed by atoms with Gasteiger partial charge in [0.15, 0.2) is 0 Å². The lowest BCUT2D eigenvalue weighted by molar-refractivity contribution is 0.0522. The Morgan fingerprint density at radius 3 is 2.74 bits per heavy atom. The first kappa shape index (κ1) is 11.8. The first-order chi connectivity index (χ1) is 9.22. The number of rotatable bonds is 2. The fourth-order valence-corrected chi connectivity index (χ4v) is 2.53. The first-order valence-corrected chi connectivity index (χ1v) is 6.39. The minimum atomic E-state index is -0.294. The SMILES string of the molecule is CCOC(=O)c1[nH]c(C)c2ccc3ccccc3c12. The molecule has 0 aliphatic heterocycles. The van der Waals surface area contributed by atoms with Crippen molar-refractivity contribution in [3.8, 4) is 0 Å². The minimum absolute atomic E-state index is 0.294. The number of benzene rings is 2. The zero-order chi connectivity index (χ0) is 13.4. The maximum absolute atomic E-state index is 12.1. The number of fused-ring (bicyclic) bond motifs is 3. The zero-order valence-electron chi connectivity index (χ0n) is 11.0. The van der Waals surface area contributed by atoms with Crippen molar-refractivity contribution in [1.29, 1.82) is 0 Å². The molecule has 19 heavy (non-hydrogen) atoms. The summed E-state index contributed by atoms with van der Waals surface area (Å²) in [4.78, 5) is 15.2. The van der Waals surface area contributed by atoms with Crippen LogP contribution in [0.5, 0.6) is 0 Å². The zero-order valence-corrected chi connectivity index (χ0v) is 11.0. The number of ether oxygens (including phenoxy) is 1. The molecule has 0 aliphatic carbocycles. The molecule has 96 valence electrons. The fourth-order valence-electron chi connectivity index (χ4n) is 2.53. The van der Waals surface area contributed by atoms with Crippen molar-refractivity contribution >= 4 is 27.5 Å². The average Bonchev–Trinajstić information content (AvgIpc) is 2.77. The van der Waals surface area contributed by atoms with Crippen molar-refractivity contribution < 1.29 is 9.53 Å². The van der Waals surface area contributed by atoms with E-state index >= 15 is 0 Å². The second kappa shape index (κ2) is 4.43. The molecule has 1 N–H and O–H groups in total. The van der Waals surface area contributed by atoms with Gasteiger partial charge in [0.2, 0.25) is 0 Å². The summed E-state index contributed by atoms with van der Waals surface area (Å²) in [5, 5.41) is 4.22. The van der Waals surface area contributed by atoms with Crippen molar-refractivity contribution in [2.75, 3.05) is 6.61 Å². The molecule has 1 aromatic heterocycles. The smallest absolute Gasteiger partial charge is 0.355 e. The summed E-state index contributed by atoms with van der Waals surface area (Å²) < 4.78 is 5.13. The molecule has 0 amide bonds. The molecule has 3 nitrogen and oxygen atoms in total. The van der Waals surface area contributed by atoms with Crippen molar-refractivity contribution in [1.82, 2.24) is 4.98 Å². The van der Waals surface area contributed by atoms with Crippen molar-refractivity contribution in [2.45, 2.75) is 13.8 Å². The third-order valence-corrected chi connectivity index (χ3v) is 3.38. The van der Waals surface area contributed by atoms with Gasteiger partial charge in [0.05, 0.1) is 6.61 Å². The van der Waals surface area contributed by atoms with E-state index < -0.39 is 0 Å². The number of aromatic nitrogens is 1. The van der Waals surface area contributed by atoms with Crippen LogP contribution in [-0.2, 0) is 4.74 Å². The second-order valence-corrected chi connectivity index (χ2v) is 4.55. The van der Waals surface area contributed by atoms with Gasteiger partial charge in [0.25, 0.3) is 0 Å². The molecule has 0 saturated heterocycles. The van der Waals surface area contributed by atoms with E-state index in [0.717, 1.165) is 27.2 Å². The minimum Gasteiger partial charge on any atom is -0.461 e. The second-order valence-electron chi connectivity index (χ2n) is 4.55. The molecule has 2 aromatic carbocycles. The maximum Gasteiger partial charge on any atom is 0.355 e. The summed E-state index contributed by atoms with van der Waals surface area (Å²) in [6, 6.07) is 12.2. The Labute approximate surface area is 111 Å². The van der Waals surface area contributed by atoms with Gasteiger partial charge in [0.1, 0.15) is 5.69 Å². The van der Waals surface area contributed by atoms with E-state index in [9.17, 15) is 4.79 Å². The summed E-state index contributed by atoms with van der Waals surface area (Å²) in [7, 11) is 0. The number of esters is 1. The van der Waals surface area contributed by atoms with Gasteiger partial charge in [-0.1, -0.05) is 36.4 Å². The van der Waals surface area contributed by atoms with Gasteiger partial charge in [-0.05, 0) is 24.6 Å². The van der Waals surface area contributed by atoms with Crippen LogP contribution in [0.2, 0.25) is 0 Å². The topological polar surface area (TPSA) is 42.1 Å². The van der Waals surface area contributed by atoms with Gasteiger partial charge < -0.3 is 9.72 Å². The number of hydrogen-bond acceptors (Lipinski definition) is 2. The van der Waals surface area contributed by atoms with Gasteiger partial charge in [-0.15, -0.1) is 0 Å². The molecule has 1 heterocycles. The molecule has 3 rings (SSSR count). The van der Waals surface area contributed by atoms with E-state index in [-0.39, 0.29) is 5.97 Å². The predicted molar refractivity (Wildman–Crippen MR) is 76.5 cm³/mol. The van der Waals surface area contributed by atoms with Gasteiger partial charge >= 0.3 is 5.97 Å². The molecule has 3 aromatic rings. The number of carbonyl (C=O) groups is 1. The molecule has 0 bridgehead atoms. The molecule has 0 spiro atoms. The Morgan fingerprint density at radius 2 is 1.95 bits per heavy atom. The van der Waals surface area contributed by atoms with Gasteiger partial charge in [-0.25, -0.2) is 4.79 Å². The lowest BCUT2D eigenvalue weighted by Crippen LogP contribution is -2.05. The molecule has 0 aliphatic rings. The van der Waals surface area contributed by atoms with E-state index in [1.165, 1.54) is 0 Å². The highest BCUT2D eigenvalue weighted by Gasteiger charge is 2.17. The molecule has 0 fully saturated rings. The van der Waals surface area contributed by atoms with Crippen LogP contribution in [0.25, 0.3) is 21.5 Å². The average molecular weight is 253 g/mol. The highest BCUT2D eigenvalue weighted by atomic mass is 16.5. The number of carbonyl (C=O) groups excluding carboxylic acids is 1. The van der Waals surface area contributed by atoms with Crippen LogP contribution in [0.4, 0.5) is 0 Å². The third-order valence-electron chi connectivity index (χ3n) is 3.38. The van der Waals surface area contributed by atoms with Gasteiger partial charge in [-0.2, -0.15) is 0 Å². The first-order valence-electron chi connectivity index (χ1n) is 6.39. The lowest BCUT2D eigenvalue weighted by atomic mass is 10.0. The molecule has 0 saturated carbocycles. The van der Waals surface area contributed by atoms with E-state index in [4.69, 9.17) is 4.74 Å². The molecule has 0 radical (unpaired) electrons. The van der Waals surface area contributed by atoms with E-state index in [0.29, 0.717) is 12.3 Å². The standard InChI is InChI=1S/C16H15NO2/c1-3-19-16(18)15-14-12(10(2)17-15)9-8-11-6-4-5-7-13(11)14/h4-9,17H,3H2,1-2H3. The van der Waals surface area contributed by atoms with Crippen LogP contribution in [0.3, 0.4) is 0 Å². The lowest BCUT2D eigenvalue weighted by Gasteiger charge is -2.03. The number of hydrogen-bond donors (Lipinski definition) is 1. The predicted octanol–water partition coefficient (Wildman–Crippen LogP) is 3.81. The van der Waals surface area contributed by atoms with Crippen molar-refractivity contribution in [2.24, 2.45) is 0 Å². The molecule has 0 unspecified atom stereocenters. The third kappa shape index (κ3) is 1.78. The van der Waals surface area contributed by atoms with Crippen LogP contribution in [0.15, 0.2) is 36.4 Å². The highest BCUT2D eigenvalue weighted by molar-refractivity contribution is 6.16. The Morgan fingerprint density at radius 1 is 1.16 bits per heavy atom. The summed E-state index contributed by atoms with van der Waals surface area (Å²) in [6.45, 7) is 4.16. The Balaban J connectivity index is 2.39. The van der Waals surface area contributed by atoms with Crippen molar-refractivity contribution in [3.63, 3.8) is 0 Å². The summed E-state index contributed by atoms with van der Waals surface area (Å²) >= 11 is 0. The Hall–Kier alpha value is -2.29. The number of aromatic amines is 1. The number of nitrogens with one attached hydrogen (secondary N) is 1. The van der Waals surface area contributed by atoms with Crippen LogP contribution in [0, 0.1) is 6.92 Å².